The van der Waals surface area contributed by atoms with Crippen molar-refractivity contribution < 1.29 is 14.4 Å². The summed E-state index contributed by atoms with van der Waals surface area (Å²) in [7, 11) is 0. The van der Waals surface area contributed by atoms with Gasteiger partial charge in [-0.3, -0.25) is 19.2 Å². The van der Waals surface area contributed by atoms with Crippen LogP contribution in [0.4, 0.5) is 5.69 Å². The van der Waals surface area contributed by atoms with E-state index in [1.165, 1.54) is 0 Å². The number of primary amides is 1. The highest BCUT2D eigenvalue weighted by Gasteiger charge is 2.14. The molecule has 0 bridgehead atoms. The molecule has 3 amide bonds. The lowest BCUT2D eigenvalue weighted by atomic mass is 10.1. The Hall–Kier alpha value is -4.08. The number of aromatic nitrogens is 3. The molecule has 2 aromatic carbocycles. The molecule has 0 saturated heterocycles. The molecule has 0 fully saturated rings. The van der Waals surface area contributed by atoms with E-state index in [0.717, 1.165) is 4.68 Å². The maximum Gasteiger partial charge on any atom is 0.277 e. The smallest absolute Gasteiger partial charge is 0.277 e. The lowest BCUT2D eigenvalue weighted by molar-refractivity contribution is -0.118. The predicted molar refractivity (Wildman–Crippen MR) is 110 cm³/mol. The Morgan fingerprint density at radius 2 is 1.73 bits per heavy atom. The Morgan fingerprint density at radius 3 is 2.53 bits per heavy atom. The van der Waals surface area contributed by atoms with Gasteiger partial charge >= 0.3 is 0 Å². The van der Waals surface area contributed by atoms with Gasteiger partial charge in [-0.1, -0.05) is 29.5 Å². The van der Waals surface area contributed by atoms with Gasteiger partial charge in [0.25, 0.3) is 11.5 Å². The number of rotatable bonds is 8. The summed E-state index contributed by atoms with van der Waals surface area (Å²) in [4.78, 5) is 47.9. The molecule has 0 spiro atoms. The van der Waals surface area contributed by atoms with Gasteiger partial charge in [-0.25, -0.2) is 4.68 Å². The first-order valence-electron chi connectivity index (χ1n) is 9.23. The van der Waals surface area contributed by atoms with Gasteiger partial charge in [-0.05, 0) is 24.3 Å². The number of hydrogen-bond donors (Lipinski definition) is 3. The Morgan fingerprint density at radius 1 is 1.00 bits per heavy atom. The number of nitrogens with one attached hydrogen (secondary N) is 2. The van der Waals surface area contributed by atoms with Gasteiger partial charge < -0.3 is 16.4 Å². The van der Waals surface area contributed by atoms with Gasteiger partial charge in [0.05, 0.1) is 23.2 Å². The van der Waals surface area contributed by atoms with Crippen LogP contribution in [-0.2, 0) is 16.1 Å². The fraction of sp³-hybridized carbons (Fsp3) is 0.200. The zero-order valence-corrected chi connectivity index (χ0v) is 16.0. The SMILES string of the molecule is NC(=O)CCNC(=O)c1ccccc1NC(=O)CCn1nnc2ccccc2c1=O. The maximum atomic E-state index is 12.4. The molecule has 1 heterocycles. The molecule has 3 rings (SSSR count). The zero-order chi connectivity index (χ0) is 21.5. The zero-order valence-electron chi connectivity index (χ0n) is 16.0. The number of carbonyl (C=O) groups excluding carboxylic acids is 3. The number of hydrogen-bond acceptors (Lipinski definition) is 6. The van der Waals surface area contributed by atoms with Gasteiger partial charge in [0.2, 0.25) is 11.8 Å². The van der Waals surface area contributed by atoms with E-state index in [-0.39, 0.29) is 37.1 Å². The van der Waals surface area contributed by atoms with E-state index in [0.29, 0.717) is 16.6 Å². The van der Waals surface area contributed by atoms with E-state index < -0.39 is 17.7 Å². The number of carbonyl (C=O) groups is 3. The Labute approximate surface area is 171 Å². The molecule has 0 atom stereocenters. The van der Waals surface area contributed by atoms with Crippen LogP contribution in [0.2, 0.25) is 0 Å². The van der Waals surface area contributed by atoms with Crippen LogP contribution in [0.15, 0.2) is 53.3 Å². The maximum absolute atomic E-state index is 12.4. The summed E-state index contributed by atoms with van der Waals surface area (Å²) in [6.07, 6.45) is -0.0215. The molecule has 0 aliphatic heterocycles. The van der Waals surface area contributed by atoms with Crippen LogP contribution in [0.1, 0.15) is 23.2 Å². The second-order valence-electron chi connectivity index (χ2n) is 6.45. The van der Waals surface area contributed by atoms with Gasteiger partial charge in [-0.2, -0.15) is 0 Å². The molecule has 154 valence electrons. The second kappa shape index (κ2) is 9.41. The highest BCUT2D eigenvalue weighted by Crippen LogP contribution is 2.15. The number of aryl methyl sites for hydroxylation is 1. The Bertz CT molecular complexity index is 1160. The number of amides is 3. The third-order valence-electron chi connectivity index (χ3n) is 4.28. The van der Waals surface area contributed by atoms with E-state index in [1.54, 1.807) is 48.5 Å². The van der Waals surface area contributed by atoms with Crippen LogP contribution >= 0.6 is 0 Å². The number of anilines is 1. The fourth-order valence-corrected chi connectivity index (χ4v) is 2.77. The minimum Gasteiger partial charge on any atom is -0.370 e. The molecule has 3 aromatic rings. The molecule has 30 heavy (non-hydrogen) atoms. The first-order chi connectivity index (χ1) is 14.5. The van der Waals surface area contributed by atoms with E-state index in [2.05, 4.69) is 20.9 Å². The lowest BCUT2D eigenvalue weighted by Gasteiger charge is -2.11. The largest absolute Gasteiger partial charge is 0.370 e. The third kappa shape index (κ3) is 5.04. The molecule has 10 nitrogen and oxygen atoms in total. The molecular weight excluding hydrogens is 388 g/mol. The average molecular weight is 408 g/mol. The Balaban J connectivity index is 1.64. The van der Waals surface area contributed by atoms with Crippen molar-refractivity contribution in [1.82, 2.24) is 20.3 Å². The molecule has 4 N–H and O–H groups in total. The second-order valence-corrected chi connectivity index (χ2v) is 6.45. The number of fused-ring (bicyclic) bond motifs is 1. The van der Waals surface area contributed by atoms with Crippen molar-refractivity contribution in [3.05, 3.63) is 64.4 Å². The fourth-order valence-electron chi connectivity index (χ4n) is 2.77. The molecule has 0 saturated carbocycles. The van der Waals surface area contributed by atoms with Gasteiger partial charge in [-0.15, -0.1) is 5.10 Å². The van der Waals surface area contributed by atoms with E-state index in [4.69, 9.17) is 5.73 Å². The molecule has 0 aliphatic carbocycles. The summed E-state index contributed by atoms with van der Waals surface area (Å²) in [6.45, 7) is 0.134. The highest BCUT2D eigenvalue weighted by molar-refractivity contribution is 6.03. The Kier molecular flexibility index (Phi) is 6.48. The predicted octanol–water partition coefficient (Wildman–Crippen LogP) is 0.425. The molecule has 0 radical (unpaired) electrons. The van der Waals surface area contributed by atoms with Crippen molar-refractivity contribution in [2.75, 3.05) is 11.9 Å². The summed E-state index contributed by atoms with van der Waals surface area (Å²) in [5.74, 6) is -1.36. The first-order valence-corrected chi connectivity index (χ1v) is 9.23. The number of para-hydroxylation sites is 1. The molecular formula is C20H20N6O4. The quantitative estimate of drug-likeness (QED) is 0.492. The van der Waals surface area contributed by atoms with Gasteiger partial charge in [0, 0.05) is 19.4 Å². The van der Waals surface area contributed by atoms with Crippen molar-refractivity contribution in [2.45, 2.75) is 19.4 Å². The highest BCUT2D eigenvalue weighted by atomic mass is 16.2. The monoisotopic (exact) mass is 408 g/mol. The van der Waals surface area contributed by atoms with Crippen LogP contribution in [0, 0.1) is 0 Å². The van der Waals surface area contributed by atoms with Crippen molar-refractivity contribution in [1.29, 1.82) is 0 Å². The van der Waals surface area contributed by atoms with Crippen LogP contribution in [0.5, 0.6) is 0 Å². The molecule has 0 unspecified atom stereocenters. The van der Waals surface area contributed by atoms with Crippen molar-refractivity contribution in [2.24, 2.45) is 5.73 Å². The van der Waals surface area contributed by atoms with E-state index >= 15 is 0 Å². The van der Waals surface area contributed by atoms with Crippen LogP contribution in [-0.4, -0.2) is 39.3 Å². The molecule has 10 heteroatoms. The van der Waals surface area contributed by atoms with E-state index in [1.807, 2.05) is 0 Å². The topological polar surface area (TPSA) is 149 Å². The standard InChI is InChI=1S/C20H20N6O4/c21-17(27)9-11-22-19(29)13-5-1-3-7-15(13)23-18(28)10-12-26-20(30)14-6-2-4-8-16(14)24-25-26/h1-8H,9-12H2,(H2,21,27)(H,22,29)(H,23,28). The van der Waals surface area contributed by atoms with Crippen molar-refractivity contribution >= 4 is 34.3 Å². The van der Waals surface area contributed by atoms with Crippen LogP contribution < -0.4 is 21.9 Å². The van der Waals surface area contributed by atoms with E-state index in [9.17, 15) is 19.2 Å². The normalized spacial score (nSPS) is 10.5. The summed E-state index contributed by atoms with van der Waals surface area (Å²) in [5.41, 5.74) is 5.77. The van der Waals surface area contributed by atoms with Crippen molar-refractivity contribution in [3.8, 4) is 0 Å². The minimum absolute atomic E-state index is 0.0157. The summed E-state index contributed by atoms with van der Waals surface area (Å²) < 4.78 is 1.13. The van der Waals surface area contributed by atoms with Crippen LogP contribution in [0.3, 0.4) is 0 Å². The van der Waals surface area contributed by atoms with Crippen LogP contribution in [0.25, 0.3) is 10.9 Å². The van der Waals surface area contributed by atoms with Gasteiger partial charge in [0.1, 0.15) is 5.52 Å². The number of benzene rings is 2. The summed E-state index contributed by atoms with van der Waals surface area (Å²) in [5, 5.41) is 13.5. The number of nitrogens with zero attached hydrogens (tertiary/aromatic N) is 3. The minimum atomic E-state index is -0.524. The van der Waals surface area contributed by atoms with Crippen molar-refractivity contribution in [3.63, 3.8) is 0 Å². The average Bonchev–Trinajstić information content (AvgIpc) is 2.73. The lowest BCUT2D eigenvalue weighted by Crippen LogP contribution is -2.29. The van der Waals surface area contributed by atoms with Gasteiger partial charge in [0.15, 0.2) is 0 Å². The number of nitrogens with two attached hydrogens (primary N) is 1. The molecule has 1 aromatic heterocycles. The first kappa shape index (κ1) is 20.6. The third-order valence-corrected chi connectivity index (χ3v) is 4.28. The summed E-state index contributed by atoms with van der Waals surface area (Å²) >= 11 is 0. The summed E-state index contributed by atoms with van der Waals surface area (Å²) in [6, 6.07) is 13.3. The molecule has 0 aliphatic rings.